The first-order chi connectivity index (χ1) is 19.8. The van der Waals surface area contributed by atoms with E-state index in [2.05, 4.69) is 4.98 Å². The van der Waals surface area contributed by atoms with Gasteiger partial charge < -0.3 is 10.6 Å². The predicted molar refractivity (Wildman–Crippen MR) is 162 cm³/mol. The highest BCUT2D eigenvalue weighted by Crippen LogP contribution is 2.39. The molecule has 5 aromatic rings. The van der Waals surface area contributed by atoms with Crippen molar-refractivity contribution >= 4 is 39.9 Å². The minimum absolute atomic E-state index is 0. The topological polar surface area (TPSA) is 141 Å². The van der Waals surface area contributed by atoms with E-state index in [-0.39, 0.29) is 16.1 Å². The van der Waals surface area contributed by atoms with Crippen LogP contribution in [0.3, 0.4) is 0 Å². The molecule has 0 radical (unpaired) electrons. The minimum Gasteiger partial charge on any atom is -0.870 e. The molecular formula is C30H26ClFN4O4S2. The zero-order valence-corrected chi connectivity index (χ0v) is 24.5. The number of rotatable bonds is 9. The summed E-state index contributed by atoms with van der Waals surface area (Å²) in [5.41, 5.74) is 5.91. The second kappa shape index (κ2) is 12.2. The molecule has 6 rings (SSSR count). The van der Waals surface area contributed by atoms with Crippen molar-refractivity contribution in [1.29, 1.82) is 0 Å². The van der Waals surface area contributed by atoms with E-state index in [9.17, 15) is 18.5 Å². The third kappa shape index (κ3) is 6.20. The Kier molecular flexibility index (Phi) is 8.67. The molecule has 4 N–H and O–H groups in total. The zero-order valence-electron chi connectivity index (χ0n) is 22.1. The first-order valence-corrected chi connectivity index (χ1v) is 15.5. The summed E-state index contributed by atoms with van der Waals surface area (Å²) in [4.78, 5) is 15.9. The molecule has 1 atom stereocenters. The first kappa shape index (κ1) is 29.7. The molecule has 0 amide bonds. The molecule has 0 spiro atoms. The van der Waals surface area contributed by atoms with Crippen molar-refractivity contribution in [2.75, 3.05) is 0 Å². The standard InChI is InChI=1S/C30H24ClFN4O3S2.H2O/c31-22-6-2-4-20(15-22)19-3-1-5-21(14-19)28-23(11-18-9-10-27(41(33)39)24(32)12-18)26(13-17-7-8-17)36(35-28)30-34-25(16-40-30)29(37)38;/h1-6,9-10,12,14-17H,7-8,11,13H2,(H2,33,39)(H,37,38);1H2. The number of carbonyl (C=O) groups is 1. The lowest BCUT2D eigenvalue weighted by Gasteiger charge is -2.10. The fourth-order valence-electron chi connectivity index (χ4n) is 4.88. The van der Waals surface area contributed by atoms with Gasteiger partial charge in [0.1, 0.15) is 0 Å². The van der Waals surface area contributed by atoms with E-state index in [4.69, 9.17) is 21.8 Å². The molecule has 0 aliphatic heterocycles. The van der Waals surface area contributed by atoms with Crippen LogP contribution in [0, 0.1) is 11.7 Å². The maximum absolute atomic E-state index is 14.8. The third-order valence-corrected chi connectivity index (χ3v) is 8.97. The summed E-state index contributed by atoms with van der Waals surface area (Å²) < 4.78 is 28.3. The van der Waals surface area contributed by atoms with Gasteiger partial charge in [0.2, 0.25) is 10.0 Å². The number of halogens is 2. The lowest BCUT2D eigenvalue weighted by molar-refractivity contribution is 0.0691. The highest BCUT2D eigenvalue weighted by molar-refractivity contribution is 7.82. The number of aromatic nitrogens is 3. The predicted octanol–water partition coefficient (Wildman–Crippen LogP) is 6.45. The number of aromatic carboxylic acids is 1. The summed E-state index contributed by atoms with van der Waals surface area (Å²) >= 11 is 7.47. The fourth-order valence-corrected chi connectivity index (χ4v) is 6.34. The smallest absolute Gasteiger partial charge is 0.355 e. The normalized spacial score (nSPS) is 13.5. The number of hydrogen-bond donors (Lipinski definition) is 2. The zero-order chi connectivity index (χ0) is 28.7. The van der Waals surface area contributed by atoms with Crippen LogP contribution in [0.5, 0.6) is 0 Å². The molecule has 3 aromatic carbocycles. The van der Waals surface area contributed by atoms with E-state index in [1.54, 1.807) is 10.7 Å². The molecule has 216 valence electrons. The number of hydrogen-bond acceptors (Lipinski definition) is 6. The molecule has 2 aromatic heterocycles. The van der Waals surface area contributed by atoms with Crippen molar-refractivity contribution in [3.8, 4) is 27.5 Å². The van der Waals surface area contributed by atoms with Crippen LogP contribution in [0.4, 0.5) is 4.39 Å². The van der Waals surface area contributed by atoms with Crippen LogP contribution in [-0.4, -0.2) is 31.3 Å². The maximum atomic E-state index is 14.8. The van der Waals surface area contributed by atoms with Gasteiger partial charge >= 0.3 is 5.97 Å². The Morgan fingerprint density at radius 3 is 2.45 bits per heavy atom. The molecule has 0 saturated heterocycles. The van der Waals surface area contributed by atoms with Gasteiger partial charge in [0.15, 0.2) is 22.5 Å². The van der Waals surface area contributed by atoms with Gasteiger partial charge in [-0.05, 0) is 72.2 Å². The Morgan fingerprint density at radius 1 is 1.10 bits per heavy atom. The second-order valence-electron chi connectivity index (χ2n) is 10.0. The molecule has 12 heteroatoms. The molecule has 0 bridgehead atoms. The van der Waals surface area contributed by atoms with Crippen molar-refractivity contribution in [3.63, 3.8) is 0 Å². The van der Waals surface area contributed by atoms with E-state index in [0.717, 1.165) is 47.2 Å². The first-order valence-electron chi connectivity index (χ1n) is 12.9. The summed E-state index contributed by atoms with van der Waals surface area (Å²) in [5, 5.41) is 22.5. The SMILES string of the molecule is N[SH+](=O)c1ccc(Cc2c(-c3cccc(-c4cccc(Cl)c4)c3)nn(-c3nc(C(=O)O)cs3)c2CC2CC2)cc1F.[OH-]. The van der Waals surface area contributed by atoms with Crippen molar-refractivity contribution in [1.82, 2.24) is 14.8 Å². The molecule has 1 aliphatic carbocycles. The van der Waals surface area contributed by atoms with E-state index in [0.29, 0.717) is 33.8 Å². The summed E-state index contributed by atoms with van der Waals surface area (Å²) in [6.45, 7) is 0. The number of carboxylic acids is 1. The van der Waals surface area contributed by atoms with Crippen molar-refractivity contribution in [3.05, 3.63) is 105 Å². The quantitative estimate of drug-likeness (QED) is 0.143. The fraction of sp³-hybridized carbons (Fsp3) is 0.167. The van der Waals surface area contributed by atoms with E-state index in [1.165, 1.54) is 28.8 Å². The van der Waals surface area contributed by atoms with Crippen molar-refractivity contribution < 1.29 is 24.0 Å². The highest BCUT2D eigenvalue weighted by Gasteiger charge is 2.29. The van der Waals surface area contributed by atoms with Crippen LogP contribution in [0.1, 0.15) is 40.2 Å². The van der Waals surface area contributed by atoms with Gasteiger partial charge in [0, 0.05) is 28.0 Å². The summed E-state index contributed by atoms with van der Waals surface area (Å²) in [6.07, 6.45) is 3.27. The lowest BCUT2D eigenvalue weighted by Crippen LogP contribution is -2.07. The van der Waals surface area contributed by atoms with E-state index >= 15 is 0 Å². The Morgan fingerprint density at radius 2 is 1.81 bits per heavy atom. The van der Waals surface area contributed by atoms with Crippen LogP contribution >= 0.6 is 22.9 Å². The molecule has 42 heavy (non-hydrogen) atoms. The van der Waals surface area contributed by atoms with Crippen LogP contribution < -0.4 is 5.14 Å². The molecule has 2 heterocycles. The van der Waals surface area contributed by atoms with Crippen LogP contribution in [0.25, 0.3) is 27.5 Å². The summed E-state index contributed by atoms with van der Waals surface area (Å²) in [5.74, 6) is -1.24. The van der Waals surface area contributed by atoms with Gasteiger partial charge in [-0.25, -0.2) is 18.9 Å². The maximum Gasteiger partial charge on any atom is 0.355 e. The number of nitrogens with zero attached hydrogens (tertiary/aromatic N) is 3. The van der Waals surface area contributed by atoms with Gasteiger partial charge in [0.25, 0.3) is 0 Å². The number of carboxylic acid groups (broad SMARTS) is 1. The molecule has 1 saturated carbocycles. The largest absolute Gasteiger partial charge is 0.870 e. The molecular weight excluding hydrogens is 599 g/mol. The number of thiol groups is 1. The molecule has 1 aliphatic rings. The van der Waals surface area contributed by atoms with Gasteiger partial charge in [-0.2, -0.15) is 5.10 Å². The number of thiazole rings is 1. The van der Waals surface area contributed by atoms with Crippen LogP contribution in [-0.2, 0) is 28.0 Å². The second-order valence-corrected chi connectivity index (χ2v) is 12.4. The average Bonchev–Trinajstić information content (AvgIpc) is 3.50. The average molecular weight is 625 g/mol. The van der Waals surface area contributed by atoms with Gasteiger partial charge in [-0.15, -0.1) is 16.5 Å². The molecule has 8 nitrogen and oxygen atoms in total. The monoisotopic (exact) mass is 624 g/mol. The van der Waals surface area contributed by atoms with Crippen LogP contribution in [0.15, 0.2) is 77.0 Å². The van der Waals surface area contributed by atoms with Crippen molar-refractivity contribution in [2.24, 2.45) is 11.1 Å². The Balaban J connectivity index is 0.00000353. The Bertz CT molecular complexity index is 1820. The van der Waals surface area contributed by atoms with Gasteiger partial charge in [0.05, 0.1) is 11.4 Å². The van der Waals surface area contributed by atoms with Crippen molar-refractivity contribution in [2.45, 2.75) is 30.6 Å². The van der Waals surface area contributed by atoms with E-state index < -0.39 is 22.8 Å². The number of nitrogens with two attached hydrogens (primary N) is 1. The molecule has 1 unspecified atom stereocenters. The number of benzene rings is 3. The Labute approximate surface area is 252 Å². The molecule has 1 fully saturated rings. The van der Waals surface area contributed by atoms with Crippen LogP contribution in [0.2, 0.25) is 5.02 Å². The van der Waals surface area contributed by atoms with Gasteiger partial charge in [-0.1, -0.05) is 52.2 Å². The highest BCUT2D eigenvalue weighted by atomic mass is 35.5. The third-order valence-electron chi connectivity index (χ3n) is 7.09. The summed E-state index contributed by atoms with van der Waals surface area (Å²) in [7, 11) is -2.30. The summed E-state index contributed by atoms with van der Waals surface area (Å²) in [6, 6.07) is 20.1. The van der Waals surface area contributed by atoms with E-state index in [1.807, 2.05) is 48.5 Å². The lowest BCUT2D eigenvalue weighted by atomic mass is 9.95. The van der Waals surface area contributed by atoms with Gasteiger partial charge in [-0.3, -0.25) is 0 Å². The Hall–Kier alpha value is -3.74. The minimum atomic E-state index is -2.30.